The molecule has 1 aromatic carbocycles. The molecule has 0 bridgehead atoms. The van der Waals surface area contributed by atoms with Gasteiger partial charge in [0.05, 0.1) is 12.0 Å². The largest absolute Gasteiger partial charge is 0.496 e. The normalized spacial score (nSPS) is 14.5. The topological polar surface area (TPSA) is 78.4 Å². The van der Waals surface area contributed by atoms with Gasteiger partial charge in [0.1, 0.15) is 11.3 Å². The van der Waals surface area contributed by atoms with Crippen LogP contribution in [0.3, 0.4) is 0 Å². The number of hydrogen-bond acceptors (Lipinski definition) is 4. The van der Waals surface area contributed by atoms with E-state index < -0.39 is 16.9 Å². The van der Waals surface area contributed by atoms with Crippen LogP contribution in [0.5, 0.6) is 5.75 Å². The molecule has 94 valence electrons. The molecule has 0 amide bonds. The van der Waals surface area contributed by atoms with Crippen LogP contribution in [0.25, 0.3) is 0 Å². The zero-order chi connectivity index (χ0) is 13.2. The Balaban J connectivity index is 3.38. The first-order valence-electron chi connectivity index (χ1n) is 4.70. The first kappa shape index (κ1) is 13.3. The minimum absolute atomic E-state index is 0.0933. The SMILES string of the molecule is COc1ccc([N+](=O)[O-])cc1C(C)(N)C(F)F. The summed E-state index contributed by atoms with van der Waals surface area (Å²) in [5.74, 6) is 0.0981. The molecule has 2 N–H and O–H groups in total. The molecule has 0 aliphatic carbocycles. The van der Waals surface area contributed by atoms with Crippen LogP contribution in [0.4, 0.5) is 14.5 Å². The van der Waals surface area contributed by atoms with Crippen molar-refractivity contribution in [1.29, 1.82) is 0 Å². The Bertz CT molecular complexity index is 436. The number of hydrogen-bond donors (Lipinski definition) is 1. The van der Waals surface area contributed by atoms with Crippen molar-refractivity contribution in [2.75, 3.05) is 7.11 Å². The van der Waals surface area contributed by atoms with Crippen LogP contribution in [0.2, 0.25) is 0 Å². The molecule has 0 aromatic heterocycles. The van der Waals surface area contributed by atoms with E-state index in [0.717, 1.165) is 13.0 Å². The highest BCUT2D eigenvalue weighted by Gasteiger charge is 2.36. The van der Waals surface area contributed by atoms with Crippen molar-refractivity contribution in [1.82, 2.24) is 0 Å². The van der Waals surface area contributed by atoms with Gasteiger partial charge in [-0.3, -0.25) is 10.1 Å². The average Bonchev–Trinajstić information content (AvgIpc) is 2.27. The van der Waals surface area contributed by atoms with E-state index in [0.29, 0.717) is 0 Å². The van der Waals surface area contributed by atoms with E-state index in [1.54, 1.807) is 0 Å². The molecule has 0 heterocycles. The van der Waals surface area contributed by atoms with Gasteiger partial charge in [-0.05, 0) is 13.0 Å². The lowest BCUT2D eigenvalue weighted by Crippen LogP contribution is -2.41. The Morgan fingerprint density at radius 3 is 2.53 bits per heavy atom. The van der Waals surface area contributed by atoms with Gasteiger partial charge in [-0.2, -0.15) is 0 Å². The number of halogens is 2. The summed E-state index contributed by atoms with van der Waals surface area (Å²) in [6.07, 6.45) is -2.86. The minimum atomic E-state index is -2.86. The van der Waals surface area contributed by atoms with Gasteiger partial charge in [-0.15, -0.1) is 0 Å². The van der Waals surface area contributed by atoms with E-state index in [1.807, 2.05) is 0 Å². The van der Waals surface area contributed by atoms with Crippen LogP contribution in [-0.2, 0) is 5.54 Å². The van der Waals surface area contributed by atoms with Crippen molar-refractivity contribution in [2.45, 2.75) is 18.9 Å². The molecular weight excluding hydrogens is 234 g/mol. The fraction of sp³-hybridized carbons (Fsp3) is 0.400. The number of nitro groups is 1. The molecule has 0 spiro atoms. The number of methoxy groups -OCH3 is 1. The van der Waals surface area contributed by atoms with Gasteiger partial charge in [0, 0.05) is 17.7 Å². The summed E-state index contributed by atoms with van der Waals surface area (Å²) in [5, 5.41) is 10.6. The number of nitrogens with zero attached hydrogens (tertiary/aromatic N) is 1. The maximum atomic E-state index is 12.8. The Kier molecular flexibility index (Phi) is 3.62. The smallest absolute Gasteiger partial charge is 0.270 e. The molecular formula is C10H12F2N2O3. The summed E-state index contributed by atoms with van der Waals surface area (Å²) in [7, 11) is 1.28. The van der Waals surface area contributed by atoms with Gasteiger partial charge in [0.2, 0.25) is 0 Å². The van der Waals surface area contributed by atoms with Gasteiger partial charge in [0.15, 0.2) is 0 Å². The summed E-state index contributed by atoms with van der Waals surface area (Å²) in [5.41, 5.74) is 3.07. The summed E-state index contributed by atoms with van der Waals surface area (Å²) >= 11 is 0. The Labute approximate surface area is 96.3 Å². The number of benzene rings is 1. The maximum Gasteiger partial charge on any atom is 0.270 e. The molecule has 1 aromatic rings. The third kappa shape index (κ3) is 2.50. The van der Waals surface area contributed by atoms with E-state index in [-0.39, 0.29) is 17.0 Å². The van der Waals surface area contributed by atoms with Crippen LogP contribution in [0, 0.1) is 10.1 Å². The molecule has 0 aliphatic rings. The number of nitrogens with two attached hydrogens (primary N) is 1. The van der Waals surface area contributed by atoms with Crippen LogP contribution < -0.4 is 10.5 Å². The van der Waals surface area contributed by atoms with E-state index in [9.17, 15) is 18.9 Å². The van der Waals surface area contributed by atoms with Gasteiger partial charge in [-0.25, -0.2) is 8.78 Å². The Hall–Kier alpha value is -1.76. The van der Waals surface area contributed by atoms with Crippen molar-refractivity contribution < 1.29 is 18.4 Å². The van der Waals surface area contributed by atoms with Gasteiger partial charge < -0.3 is 10.5 Å². The maximum absolute atomic E-state index is 12.8. The van der Waals surface area contributed by atoms with E-state index in [4.69, 9.17) is 10.5 Å². The lowest BCUT2D eigenvalue weighted by molar-refractivity contribution is -0.385. The fourth-order valence-corrected chi connectivity index (χ4v) is 1.35. The minimum Gasteiger partial charge on any atom is -0.496 e. The third-order valence-electron chi connectivity index (χ3n) is 2.43. The first-order chi connectivity index (χ1) is 7.80. The summed E-state index contributed by atoms with van der Waals surface area (Å²) in [6.45, 7) is 1.10. The molecule has 5 nitrogen and oxygen atoms in total. The van der Waals surface area contributed by atoms with Crippen molar-refractivity contribution in [3.8, 4) is 5.75 Å². The highest BCUT2D eigenvalue weighted by Crippen LogP contribution is 2.35. The van der Waals surface area contributed by atoms with Crippen molar-refractivity contribution in [3.63, 3.8) is 0 Å². The molecule has 0 radical (unpaired) electrons. The van der Waals surface area contributed by atoms with Crippen LogP contribution in [0.1, 0.15) is 12.5 Å². The second kappa shape index (κ2) is 4.62. The van der Waals surface area contributed by atoms with Gasteiger partial charge in [0.25, 0.3) is 12.1 Å². The van der Waals surface area contributed by atoms with E-state index in [1.165, 1.54) is 19.2 Å². The second-order valence-corrected chi connectivity index (χ2v) is 3.73. The second-order valence-electron chi connectivity index (χ2n) is 3.73. The Morgan fingerprint density at radius 1 is 1.53 bits per heavy atom. The lowest BCUT2D eigenvalue weighted by Gasteiger charge is -2.25. The van der Waals surface area contributed by atoms with Gasteiger partial charge in [-0.1, -0.05) is 0 Å². The number of ether oxygens (including phenoxy) is 1. The number of alkyl halides is 2. The first-order valence-corrected chi connectivity index (χ1v) is 4.70. The number of rotatable bonds is 4. The van der Waals surface area contributed by atoms with Crippen molar-refractivity contribution in [3.05, 3.63) is 33.9 Å². The summed E-state index contributed by atoms with van der Waals surface area (Å²) in [4.78, 5) is 9.91. The predicted molar refractivity (Wildman–Crippen MR) is 57.2 cm³/mol. The highest BCUT2D eigenvalue weighted by molar-refractivity contribution is 5.47. The van der Waals surface area contributed by atoms with Crippen LogP contribution in [-0.4, -0.2) is 18.5 Å². The van der Waals surface area contributed by atoms with E-state index >= 15 is 0 Å². The molecule has 0 saturated carbocycles. The summed E-state index contributed by atoms with van der Waals surface area (Å²) < 4.78 is 30.5. The molecule has 1 unspecified atom stereocenters. The van der Waals surface area contributed by atoms with Gasteiger partial charge >= 0.3 is 0 Å². The fourth-order valence-electron chi connectivity index (χ4n) is 1.35. The zero-order valence-electron chi connectivity index (χ0n) is 9.31. The third-order valence-corrected chi connectivity index (χ3v) is 2.43. The molecule has 0 aliphatic heterocycles. The molecule has 0 fully saturated rings. The Morgan fingerprint density at radius 2 is 2.12 bits per heavy atom. The molecule has 7 heteroatoms. The van der Waals surface area contributed by atoms with Crippen molar-refractivity contribution in [2.24, 2.45) is 5.73 Å². The number of nitro benzene ring substituents is 1. The zero-order valence-corrected chi connectivity index (χ0v) is 9.31. The average molecular weight is 246 g/mol. The standard InChI is InChI=1S/C10H12F2N2O3/c1-10(13,9(11)12)7-5-6(14(15)16)3-4-8(7)17-2/h3-5,9H,13H2,1-2H3. The van der Waals surface area contributed by atoms with Crippen LogP contribution in [0.15, 0.2) is 18.2 Å². The van der Waals surface area contributed by atoms with Crippen molar-refractivity contribution >= 4 is 5.69 Å². The van der Waals surface area contributed by atoms with E-state index in [2.05, 4.69) is 0 Å². The molecule has 1 atom stereocenters. The molecule has 17 heavy (non-hydrogen) atoms. The van der Waals surface area contributed by atoms with Crippen LogP contribution >= 0.6 is 0 Å². The highest BCUT2D eigenvalue weighted by atomic mass is 19.3. The number of non-ortho nitro benzene ring substituents is 1. The summed E-state index contributed by atoms with van der Waals surface area (Å²) in [6, 6.07) is 3.43. The monoisotopic (exact) mass is 246 g/mol. The lowest BCUT2D eigenvalue weighted by atomic mass is 9.92. The quantitative estimate of drug-likeness (QED) is 0.651. The predicted octanol–water partition coefficient (Wildman–Crippen LogP) is 2.04. The molecule has 1 rings (SSSR count). The molecule has 0 saturated heterocycles.